The van der Waals surface area contributed by atoms with Crippen LogP contribution in [-0.2, 0) is 0 Å². The third-order valence-corrected chi connectivity index (χ3v) is 4.32. The second-order valence-electron chi connectivity index (χ2n) is 5.86. The average Bonchev–Trinajstić information content (AvgIpc) is 2.21. The zero-order valence-corrected chi connectivity index (χ0v) is 10.3. The molecule has 1 nitrogen and oxygen atoms in total. The monoisotopic (exact) mass is 233 g/mol. The summed E-state index contributed by atoms with van der Waals surface area (Å²) in [5.74, 6) is 1.43. The largest absolute Gasteiger partial charge is 0.311 e. The fourth-order valence-electron chi connectivity index (χ4n) is 3.13. The molecule has 1 N–H and O–H groups in total. The van der Waals surface area contributed by atoms with Crippen molar-refractivity contribution in [2.45, 2.75) is 50.6 Å². The number of benzene rings is 1. The number of halogens is 1. The summed E-state index contributed by atoms with van der Waals surface area (Å²) in [5, 5.41) is 3.72. The predicted octanol–water partition coefficient (Wildman–Crippen LogP) is 3.46. The molecule has 0 aromatic heterocycles. The molecule has 2 aliphatic carbocycles. The summed E-state index contributed by atoms with van der Waals surface area (Å²) in [4.78, 5) is 0. The topological polar surface area (TPSA) is 12.0 Å². The van der Waals surface area contributed by atoms with Crippen LogP contribution >= 0.6 is 0 Å². The minimum atomic E-state index is -0.133. The van der Waals surface area contributed by atoms with Crippen LogP contribution in [0, 0.1) is 11.7 Å². The standard InChI is InChI=1S/C15H20FN/c1-10-6-14(7-10)17-15-8-12(9-15)11-2-4-13(16)5-3-11/h2-5,10,12,14-15,17H,6-9H2,1H3. The van der Waals surface area contributed by atoms with Crippen LogP contribution in [0.1, 0.15) is 44.1 Å². The molecule has 0 saturated heterocycles. The zero-order chi connectivity index (χ0) is 11.8. The van der Waals surface area contributed by atoms with Gasteiger partial charge in [0.2, 0.25) is 0 Å². The molecule has 0 unspecified atom stereocenters. The molecule has 2 fully saturated rings. The molecule has 1 aromatic rings. The van der Waals surface area contributed by atoms with E-state index in [0.29, 0.717) is 12.0 Å². The minimum absolute atomic E-state index is 0.133. The van der Waals surface area contributed by atoms with Gasteiger partial charge in [0.05, 0.1) is 0 Å². The lowest BCUT2D eigenvalue weighted by Gasteiger charge is -2.43. The summed E-state index contributed by atoms with van der Waals surface area (Å²) in [7, 11) is 0. The molecule has 2 saturated carbocycles. The Bertz CT molecular complexity index is 374. The van der Waals surface area contributed by atoms with Crippen molar-refractivity contribution in [1.82, 2.24) is 5.32 Å². The van der Waals surface area contributed by atoms with E-state index in [4.69, 9.17) is 0 Å². The first kappa shape index (κ1) is 11.2. The van der Waals surface area contributed by atoms with E-state index in [1.807, 2.05) is 12.1 Å². The smallest absolute Gasteiger partial charge is 0.123 e. The third kappa shape index (κ3) is 2.37. The Kier molecular flexibility index (Phi) is 2.91. The van der Waals surface area contributed by atoms with Gasteiger partial charge in [-0.15, -0.1) is 0 Å². The molecule has 2 aliphatic rings. The van der Waals surface area contributed by atoms with Crippen molar-refractivity contribution in [2.75, 3.05) is 0 Å². The Labute approximate surface area is 102 Å². The maximum atomic E-state index is 12.8. The van der Waals surface area contributed by atoms with E-state index in [1.165, 1.54) is 31.2 Å². The van der Waals surface area contributed by atoms with Crippen LogP contribution in [0.4, 0.5) is 4.39 Å². The summed E-state index contributed by atoms with van der Waals surface area (Å²) in [5.41, 5.74) is 1.30. The van der Waals surface area contributed by atoms with Crippen LogP contribution in [0.5, 0.6) is 0 Å². The first-order valence-electron chi connectivity index (χ1n) is 6.72. The van der Waals surface area contributed by atoms with Crippen molar-refractivity contribution in [2.24, 2.45) is 5.92 Å². The molecule has 3 rings (SSSR count). The van der Waals surface area contributed by atoms with Gasteiger partial charge in [-0.2, -0.15) is 0 Å². The van der Waals surface area contributed by atoms with Crippen molar-refractivity contribution < 1.29 is 4.39 Å². The Morgan fingerprint density at radius 3 is 2.18 bits per heavy atom. The van der Waals surface area contributed by atoms with Gasteiger partial charge in [0, 0.05) is 12.1 Å². The van der Waals surface area contributed by atoms with Gasteiger partial charge in [-0.1, -0.05) is 19.1 Å². The highest BCUT2D eigenvalue weighted by Gasteiger charge is 2.34. The molecule has 1 aromatic carbocycles. The number of hydrogen-bond acceptors (Lipinski definition) is 1. The quantitative estimate of drug-likeness (QED) is 0.843. The van der Waals surface area contributed by atoms with E-state index >= 15 is 0 Å². The normalized spacial score (nSPS) is 36.1. The molecular formula is C15H20FN. The van der Waals surface area contributed by atoms with E-state index in [9.17, 15) is 4.39 Å². The highest BCUT2D eigenvalue weighted by atomic mass is 19.1. The van der Waals surface area contributed by atoms with Gasteiger partial charge in [-0.3, -0.25) is 0 Å². The van der Waals surface area contributed by atoms with Crippen LogP contribution in [-0.4, -0.2) is 12.1 Å². The van der Waals surface area contributed by atoms with Crippen LogP contribution in [0.3, 0.4) is 0 Å². The maximum absolute atomic E-state index is 12.8. The van der Waals surface area contributed by atoms with E-state index in [-0.39, 0.29) is 5.82 Å². The maximum Gasteiger partial charge on any atom is 0.123 e. The lowest BCUT2D eigenvalue weighted by Crippen LogP contribution is -2.50. The van der Waals surface area contributed by atoms with Crippen LogP contribution < -0.4 is 5.32 Å². The molecule has 17 heavy (non-hydrogen) atoms. The molecule has 0 radical (unpaired) electrons. The molecule has 92 valence electrons. The van der Waals surface area contributed by atoms with Gasteiger partial charge >= 0.3 is 0 Å². The second kappa shape index (κ2) is 4.41. The summed E-state index contributed by atoms with van der Waals surface area (Å²) in [6, 6.07) is 8.48. The summed E-state index contributed by atoms with van der Waals surface area (Å²) in [6.45, 7) is 2.32. The Hall–Kier alpha value is -0.890. The molecule has 0 atom stereocenters. The first-order valence-corrected chi connectivity index (χ1v) is 6.72. The van der Waals surface area contributed by atoms with E-state index in [2.05, 4.69) is 12.2 Å². The highest BCUT2D eigenvalue weighted by molar-refractivity contribution is 5.23. The predicted molar refractivity (Wildman–Crippen MR) is 67.5 cm³/mol. The lowest BCUT2D eigenvalue weighted by atomic mass is 9.74. The molecule has 0 amide bonds. The summed E-state index contributed by atoms with van der Waals surface area (Å²) < 4.78 is 12.8. The summed E-state index contributed by atoms with van der Waals surface area (Å²) >= 11 is 0. The van der Waals surface area contributed by atoms with Gasteiger partial charge in [0.15, 0.2) is 0 Å². The second-order valence-corrected chi connectivity index (χ2v) is 5.86. The minimum Gasteiger partial charge on any atom is -0.311 e. The Morgan fingerprint density at radius 2 is 1.59 bits per heavy atom. The first-order chi connectivity index (χ1) is 8.20. The third-order valence-electron chi connectivity index (χ3n) is 4.32. The molecule has 0 heterocycles. The Morgan fingerprint density at radius 1 is 1.00 bits per heavy atom. The van der Waals surface area contributed by atoms with Gasteiger partial charge in [0.25, 0.3) is 0 Å². The van der Waals surface area contributed by atoms with Crippen LogP contribution in [0.2, 0.25) is 0 Å². The number of nitrogens with one attached hydrogen (secondary N) is 1. The molecule has 0 aliphatic heterocycles. The van der Waals surface area contributed by atoms with Crippen molar-refractivity contribution in [3.63, 3.8) is 0 Å². The fraction of sp³-hybridized carbons (Fsp3) is 0.600. The van der Waals surface area contributed by atoms with Crippen molar-refractivity contribution >= 4 is 0 Å². The van der Waals surface area contributed by atoms with E-state index in [0.717, 1.165) is 12.0 Å². The SMILES string of the molecule is CC1CC(NC2CC(c3ccc(F)cc3)C2)C1. The van der Waals surface area contributed by atoms with Crippen molar-refractivity contribution in [1.29, 1.82) is 0 Å². The average molecular weight is 233 g/mol. The molecular weight excluding hydrogens is 213 g/mol. The van der Waals surface area contributed by atoms with E-state index in [1.54, 1.807) is 12.1 Å². The summed E-state index contributed by atoms with van der Waals surface area (Å²) in [6.07, 6.45) is 5.13. The zero-order valence-electron chi connectivity index (χ0n) is 10.3. The molecule has 0 spiro atoms. The van der Waals surface area contributed by atoms with Crippen LogP contribution in [0.25, 0.3) is 0 Å². The van der Waals surface area contributed by atoms with Gasteiger partial charge < -0.3 is 5.32 Å². The van der Waals surface area contributed by atoms with Gasteiger partial charge in [-0.25, -0.2) is 4.39 Å². The highest BCUT2D eigenvalue weighted by Crippen LogP contribution is 2.38. The molecule has 0 bridgehead atoms. The van der Waals surface area contributed by atoms with Gasteiger partial charge in [0.1, 0.15) is 5.82 Å². The fourth-order valence-corrected chi connectivity index (χ4v) is 3.13. The molecule has 2 heteroatoms. The van der Waals surface area contributed by atoms with Gasteiger partial charge in [-0.05, 0) is 55.2 Å². The number of hydrogen-bond donors (Lipinski definition) is 1. The van der Waals surface area contributed by atoms with Crippen LogP contribution in [0.15, 0.2) is 24.3 Å². The van der Waals surface area contributed by atoms with E-state index < -0.39 is 0 Å². The lowest BCUT2D eigenvalue weighted by molar-refractivity contribution is 0.177. The Balaban J connectivity index is 1.46. The van der Waals surface area contributed by atoms with Crippen molar-refractivity contribution in [3.05, 3.63) is 35.6 Å². The number of rotatable bonds is 3. The van der Waals surface area contributed by atoms with Crippen molar-refractivity contribution in [3.8, 4) is 0 Å².